The molecule has 1 aromatic carbocycles. The fourth-order valence-corrected chi connectivity index (χ4v) is 3.78. The summed E-state index contributed by atoms with van der Waals surface area (Å²) in [5.41, 5.74) is 6.08. The quantitative estimate of drug-likeness (QED) is 0.669. The van der Waals surface area contributed by atoms with E-state index < -0.39 is 18.2 Å². The van der Waals surface area contributed by atoms with Gasteiger partial charge in [-0.25, -0.2) is 8.42 Å². The van der Waals surface area contributed by atoms with Gasteiger partial charge in [-0.1, -0.05) is 26.8 Å². The van der Waals surface area contributed by atoms with E-state index in [-0.39, 0.29) is 22.3 Å². The standard InChI is InChI=1S/C14H25NO3SSi/c1-14(2,3)20(4,5)18-9-10-19(16,17)13-8-6-7-12(15)11-13/h6-8,11H,9-10,15H2,1-5H3. The molecule has 1 aromatic rings. The van der Waals surface area contributed by atoms with Crippen LogP contribution in [-0.4, -0.2) is 29.1 Å². The molecule has 20 heavy (non-hydrogen) atoms. The molecule has 1 rings (SSSR count). The molecule has 0 radical (unpaired) electrons. The van der Waals surface area contributed by atoms with Gasteiger partial charge in [-0.3, -0.25) is 0 Å². The van der Waals surface area contributed by atoms with E-state index in [9.17, 15) is 8.42 Å². The van der Waals surface area contributed by atoms with Gasteiger partial charge in [0.25, 0.3) is 0 Å². The molecular weight excluding hydrogens is 290 g/mol. The van der Waals surface area contributed by atoms with Gasteiger partial charge in [-0.15, -0.1) is 0 Å². The Morgan fingerprint density at radius 3 is 2.35 bits per heavy atom. The minimum atomic E-state index is -3.33. The van der Waals surface area contributed by atoms with Crippen molar-refractivity contribution in [1.29, 1.82) is 0 Å². The fourth-order valence-electron chi connectivity index (χ4n) is 1.45. The molecule has 0 amide bonds. The average molecular weight is 316 g/mol. The molecule has 0 aliphatic carbocycles. The molecule has 0 unspecified atom stereocenters. The zero-order valence-electron chi connectivity index (χ0n) is 12.9. The monoisotopic (exact) mass is 315 g/mol. The van der Waals surface area contributed by atoms with E-state index in [1.54, 1.807) is 18.2 Å². The van der Waals surface area contributed by atoms with Crippen molar-refractivity contribution in [2.24, 2.45) is 0 Å². The lowest BCUT2D eigenvalue weighted by atomic mass is 10.2. The third-order valence-electron chi connectivity index (χ3n) is 3.84. The highest BCUT2D eigenvalue weighted by Gasteiger charge is 2.37. The van der Waals surface area contributed by atoms with Crippen LogP contribution >= 0.6 is 0 Å². The van der Waals surface area contributed by atoms with Crippen LogP contribution in [0.5, 0.6) is 0 Å². The van der Waals surface area contributed by atoms with E-state index in [2.05, 4.69) is 33.9 Å². The first-order valence-corrected chi connectivity index (χ1v) is 11.2. The Morgan fingerprint density at radius 2 is 1.85 bits per heavy atom. The van der Waals surface area contributed by atoms with Gasteiger partial charge in [0.1, 0.15) is 0 Å². The molecule has 0 aromatic heterocycles. The molecule has 114 valence electrons. The highest BCUT2D eigenvalue weighted by atomic mass is 32.2. The van der Waals surface area contributed by atoms with Crippen LogP contribution in [0.25, 0.3) is 0 Å². The maximum Gasteiger partial charge on any atom is 0.192 e. The Hall–Kier alpha value is -0.853. The minimum absolute atomic E-state index is 0.0109. The first-order valence-electron chi connectivity index (χ1n) is 6.68. The lowest BCUT2D eigenvalue weighted by Gasteiger charge is -2.36. The second-order valence-corrected chi connectivity index (χ2v) is 13.4. The summed E-state index contributed by atoms with van der Waals surface area (Å²) in [5.74, 6) is -0.0109. The smallest absolute Gasteiger partial charge is 0.192 e. The van der Waals surface area contributed by atoms with Gasteiger partial charge in [0, 0.05) is 12.3 Å². The first kappa shape index (κ1) is 17.2. The first-order chi connectivity index (χ1) is 8.96. The van der Waals surface area contributed by atoms with E-state index >= 15 is 0 Å². The highest BCUT2D eigenvalue weighted by Crippen LogP contribution is 2.36. The number of nitrogen functional groups attached to an aromatic ring is 1. The van der Waals surface area contributed by atoms with Gasteiger partial charge in [-0.05, 0) is 36.3 Å². The maximum absolute atomic E-state index is 12.2. The number of benzene rings is 1. The summed E-state index contributed by atoms with van der Waals surface area (Å²) in [5, 5.41) is 0.0773. The Morgan fingerprint density at radius 1 is 1.25 bits per heavy atom. The third kappa shape index (κ3) is 4.33. The zero-order chi connectivity index (χ0) is 15.6. The summed E-state index contributed by atoms with van der Waals surface area (Å²) in [7, 11) is -5.24. The second-order valence-electron chi connectivity index (χ2n) is 6.50. The van der Waals surface area contributed by atoms with Crippen molar-refractivity contribution < 1.29 is 12.8 Å². The van der Waals surface area contributed by atoms with Crippen molar-refractivity contribution in [3.05, 3.63) is 24.3 Å². The molecule has 0 aliphatic heterocycles. The van der Waals surface area contributed by atoms with Gasteiger partial charge in [0.05, 0.1) is 10.6 Å². The van der Waals surface area contributed by atoms with E-state index in [1.807, 2.05) is 0 Å². The van der Waals surface area contributed by atoms with Gasteiger partial charge < -0.3 is 10.2 Å². The van der Waals surface area contributed by atoms with E-state index in [0.29, 0.717) is 5.69 Å². The Labute approximate surface area is 123 Å². The number of anilines is 1. The summed E-state index contributed by atoms with van der Waals surface area (Å²) in [6.45, 7) is 10.8. The number of hydrogen-bond acceptors (Lipinski definition) is 4. The lowest BCUT2D eigenvalue weighted by molar-refractivity contribution is 0.309. The SMILES string of the molecule is CC(C)(C)[Si](C)(C)OCCS(=O)(=O)c1cccc(N)c1. The van der Waals surface area contributed by atoms with Crippen LogP contribution in [0.2, 0.25) is 18.1 Å². The van der Waals surface area contributed by atoms with Crippen LogP contribution in [0.4, 0.5) is 5.69 Å². The molecule has 0 heterocycles. The van der Waals surface area contributed by atoms with E-state index in [0.717, 1.165) is 0 Å². The zero-order valence-corrected chi connectivity index (χ0v) is 14.8. The van der Waals surface area contributed by atoms with Crippen LogP contribution in [0, 0.1) is 0 Å². The summed E-state index contributed by atoms with van der Waals surface area (Å²) in [6.07, 6.45) is 0. The molecule has 0 spiro atoms. The topological polar surface area (TPSA) is 69.4 Å². The molecule has 0 bridgehead atoms. The molecular formula is C14H25NO3SSi. The number of sulfone groups is 1. The van der Waals surface area contributed by atoms with Gasteiger partial charge >= 0.3 is 0 Å². The van der Waals surface area contributed by atoms with Crippen molar-refractivity contribution in [2.75, 3.05) is 18.1 Å². The van der Waals surface area contributed by atoms with Crippen LogP contribution in [0.15, 0.2) is 29.2 Å². The maximum atomic E-state index is 12.2. The minimum Gasteiger partial charge on any atom is -0.416 e. The van der Waals surface area contributed by atoms with Gasteiger partial charge in [0.2, 0.25) is 0 Å². The van der Waals surface area contributed by atoms with E-state index in [4.69, 9.17) is 10.2 Å². The van der Waals surface area contributed by atoms with Gasteiger partial charge in [0.15, 0.2) is 18.2 Å². The lowest BCUT2D eigenvalue weighted by Crippen LogP contribution is -2.41. The molecule has 4 nitrogen and oxygen atoms in total. The summed E-state index contributed by atoms with van der Waals surface area (Å²) in [6, 6.07) is 6.38. The van der Waals surface area contributed by atoms with E-state index in [1.165, 1.54) is 6.07 Å². The predicted octanol–water partition coefficient (Wildman–Crippen LogP) is 3.06. The fraction of sp³-hybridized carbons (Fsp3) is 0.571. The van der Waals surface area contributed by atoms with Crippen molar-refractivity contribution in [2.45, 2.75) is 43.8 Å². The molecule has 0 fully saturated rings. The molecule has 0 saturated carbocycles. The molecule has 0 aliphatic rings. The average Bonchev–Trinajstić information content (AvgIpc) is 2.26. The number of rotatable bonds is 5. The molecule has 0 saturated heterocycles. The Bertz CT molecular complexity index is 562. The highest BCUT2D eigenvalue weighted by molar-refractivity contribution is 7.91. The van der Waals surface area contributed by atoms with Crippen LogP contribution in [-0.2, 0) is 14.3 Å². The second kappa shape index (κ2) is 5.87. The van der Waals surface area contributed by atoms with Crippen LogP contribution < -0.4 is 5.73 Å². The van der Waals surface area contributed by atoms with Crippen molar-refractivity contribution >= 4 is 23.8 Å². The normalized spacial score (nSPS) is 13.4. The van der Waals surface area contributed by atoms with Crippen molar-refractivity contribution in [3.8, 4) is 0 Å². The molecule has 2 N–H and O–H groups in total. The van der Waals surface area contributed by atoms with Gasteiger partial charge in [-0.2, -0.15) is 0 Å². The Balaban J connectivity index is 2.71. The molecule has 6 heteroatoms. The van der Waals surface area contributed by atoms with Crippen molar-refractivity contribution in [1.82, 2.24) is 0 Å². The summed E-state index contributed by atoms with van der Waals surface area (Å²) >= 11 is 0. The number of nitrogens with two attached hydrogens (primary N) is 1. The predicted molar refractivity (Wildman–Crippen MR) is 86.1 cm³/mol. The van der Waals surface area contributed by atoms with Crippen LogP contribution in [0.1, 0.15) is 20.8 Å². The summed E-state index contributed by atoms with van der Waals surface area (Å²) < 4.78 is 30.3. The van der Waals surface area contributed by atoms with Crippen LogP contribution in [0.3, 0.4) is 0 Å². The van der Waals surface area contributed by atoms with Crippen molar-refractivity contribution in [3.63, 3.8) is 0 Å². The number of hydrogen-bond donors (Lipinski definition) is 1. The molecule has 0 atom stereocenters. The third-order valence-corrected chi connectivity index (χ3v) is 10.1. The summed E-state index contributed by atoms with van der Waals surface area (Å²) in [4.78, 5) is 0.260. The Kier molecular flexibility index (Phi) is 5.05. The largest absolute Gasteiger partial charge is 0.416 e.